The molecular formula is C17H29ClIN5O2S. The Morgan fingerprint density at radius 3 is 2.56 bits per heavy atom. The fourth-order valence-corrected chi connectivity index (χ4v) is 3.50. The average Bonchev–Trinajstić information content (AvgIpc) is 2.60. The van der Waals surface area contributed by atoms with Crippen molar-refractivity contribution in [3.05, 3.63) is 29.3 Å². The number of rotatable bonds is 7. The molecule has 1 fully saturated rings. The van der Waals surface area contributed by atoms with Gasteiger partial charge in [-0.25, -0.2) is 13.1 Å². The van der Waals surface area contributed by atoms with Crippen molar-refractivity contribution >= 4 is 57.2 Å². The van der Waals surface area contributed by atoms with E-state index in [-0.39, 0.29) is 24.0 Å². The van der Waals surface area contributed by atoms with Crippen molar-refractivity contribution in [1.82, 2.24) is 14.9 Å². The number of nitrogens with one attached hydrogen (secondary N) is 2. The number of guanidine groups is 1. The maximum atomic E-state index is 11.1. The lowest BCUT2D eigenvalue weighted by molar-refractivity contribution is 0.372. The number of benzene rings is 1. The Morgan fingerprint density at radius 1 is 1.26 bits per heavy atom. The number of nitrogens with zero attached hydrogens (tertiary/aromatic N) is 3. The van der Waals surface area contributed by atoms with Crippen molar-refractivity contribution < 1.29 is 8.42 Å². The van der Waals surface area contributed by atoms with Crippen molar-refractivity contribution in [3.63, 3.8) is 0 Å². The van der Waals surface area contributed by atoms with Crippen LogP contribution in [0.1, 0.15) is 13.3 Å². The third-order valence-electron chi connectivity index (χ3n) is 4.05. The minimum Gasteiger partial charge on any atom is -0.368 e. The zero-order valence-electron chi connectivity index (χ0n) is 15.8. The highest BCUT2D eigenvalue weighted by Gasteiger charge is 2.19. The van der Waals surface area contributed by atoms with Crippen LogP contribution in [0.25, 0.3) is 0 Å². The van der Waals surface area contributed by atoms with E-state index in [1.165, 1.54) is 6.26 Å². The number of piperazine rings is 1. The Balaban J connectivity index is 0.00000364. The van der Waals surface area contributed by atoms with Gasteiger partial charge in [0.15, 0.2) is 5.96 Å². The Kier molecular flexibility index (Phi) is 10.7. The van der Waals surface area contributed by atoms with Crippen LogP contribution >= 0.6 is 35.6 Å². The Morgan fingerprint density at radius 2 is 1.96 bits per heavy atom. The largest absolute Gasteiger partial charge is 0.368 e. The van der Waals surface area contributed by atoms with Crippen LogP contribution in [0.2, 0.25) is 5.02 Å². The van der Waals surface area contributed by atoms with Gasteiger partial charge in [0.25, 0.3) is 0 Å². The van der Waals surface area contributed by atoms with Crippen molar-refractivity contribution in [3.8, 4) is 0 Å². The van der Waals surface area contributed by atoms with Gasteiger partial charge in [-0.2, -0.15) is 0 Å². The molecule has 0 aliphatic carbocycles. The lowest BCUT2D eigenvalue weighted by Gasteiger charge is -2.37. The fraction of sp³-hybridized carbons (Fsp3) is 0.588. The van der Waals surface area contributed by atoms with Crippen LogP contribution in [0.4, 0.5) is 5.69 Å². The summed E-state index contributed by atoms with van der Waals surface area (Å²) in [6.45, 7) is 7.39. The normalized spacial score (nSPS) is 15.4. The first-order valence-electron chi connectivity index (χ1n) is 8.87. The second-order valence-corrected chi connectivity index (χ2v) is 8.48. The molecule has 1 aliphatic rings. The van der Waals surface area contributed by atoms with Gasteiger partial charge >= 0.3 is 0 Å². The summed E-state index contributed by atoms with van der Waals surface area (Å²) >= 11 is 6.09. The van der Waals surface area contributed by atoms with Crippen LogP contribution in [-0.2, 0) is 10.0 Å². The van der Waals surface area contributed by atoms with Crippen molar-refractivity contribution in [2.45, 2.75) is 13.3 Å². The minimum atomic E-state index is -3.13. The molecule has 27 heavy (non-hydrogen) atoms. The van der Waals surface area contributed by atoms with Gasteiger partial charge in [-0.3, -0.25) is 4.99 Å². The second-order valence-electron chi connectivity index (χ2n) is 6.21. The molecule has 1 aromatic rings. The molecule has 0 unspecified atom stereocenters. The summed E-state index contributed by atoms with van der Waals surface area (Å²) in [5.74, 6) is 0.887. The van der Waals surface area contributed by atoms with Crippen molar-refractivity contribution in [2.24, 2.45) is 4.99 Å². The highest BCUT2D eigenvalue weighted by molar-refractivity contribution is 14.0. The Labute approximate surface area is 184 Å². The topological polar surface area (TPSA) is 77.0 Å². The maximum absolute atomic E-state index is 11.1. The maximum Gasteiger partial charge on any atom is 0.208 e. The van der Waals surface area contributed by atoms with Crippen LogP contribution < -0.4 is 14.9 Å². The molecule has 0 bridgehead atoms. The molecule has 0 amide bonds. The predicted molar refractivity (Wildman–Crippen MR) is 124 cm³/mol. The molecule has 154 valence electrons. The van der Waals surface area contributed by atoms with E-state index in [2.05, 4.69) is 30.9 Å². The Hall–Kier alpha value is -0.780. The standard InChI is InChI=1S/C17H28ClN5O2S.HI/c1-3-19-17(20-8-5-9-21-26(2,24)25)23-12-10-22(11-13-23)16-7-4-6-15(18)14-16;/h4,6-7,14,21H,3,5,8-13H2,1-2H3,(H,19,20);1H. The molecule has 0 atom stereocenters. The predicted octanol–water partition coefficient (Wildman–Crippen LogP) is 1.98. The molecule has 2 N–H and O–H groups in total. The van der Waals surface area contributed by atoms with E-state index in [0.29, 0.717) is 19.5 Å². The molecule has 0 saturated carbocycles. The smallest absolute Gasteiger partial charge is 0.208 e. The van der Waals surface area contributed by atoms with Gasteiger partial charge in [0, 0.05) is 56.5 Å². The quantitative estimate of drug-likeness (QED) is 0.245. The number of hydrogen-bond donors (Lipinski definition) is 2. The molecule has 1 heterocycles. The van der Waals surface area contributed by atoms with Gasteiger partial charge in [0.05, 0.1) is 6.26 Å². The van der Waals surface area contributed by atoms with E-state index in [1.54, 1.807) is 0 Å². The van der Waals surface area contributed by atoms with Gasteiger partial charge in [-0.05, 0) is 31.5 Å². The highest BCUT2D eigenvalue weighted by Crippen LogP contribution is 2.20. The molecule has 10 heteroatoms. The number of aliphatic imine (C=N–C) groups is 1. The summed E-state index contributed by atoms with van der Waals surface area (Å²) in [7, 11) is -3.13. The summed E-state index contributed by atoms with van der Waals surface area (Å²) in [5.41, 5.74) is 1.14. The number of sulfonamides is 1. The van der Waals surface area contributed by atoms with Crippen molar-refractivity contribution in [1.29, 1.82) is 0 Å². The van der Waals surface area contributed by atoms with Gasteiger partial charge in [-0.1, -0.05) is 17.7 Å². The third kappa shape index (κ3) is 8.84. The molecule has 1 aromatic carbocycles. The van der Waals surface area contributed by atoms with Crippen LogP contribution in [-0.4, -0.2) is 71.3 Å². The van der Waals surface area contributed by atoms with E-state index in [4.69, 9.17) is 11.6 Å². The van der Waals surface area contributed by atoms with Crippen LogP contribution in [0.15, 0.2) is 29.3 Å². The van der Waals surface area contributed by atoms with Crippen LogP contribution in [0.5, 0.6) is 0 Å². The van der Waals surface area contributed by atoms with Crippen LogP contribution in [0, 0.1) is 0 Å². The van der Waals surface area contributed by atoms with E-state index in [9.17, 15) is 8.42 Å². The van der Waals surface area contributed by atoms with E-state index < -0.39 is 10.0 Å². The lowest BCUT2D eigenvalue weighted by atomic mass is 10.2. The molecule has 1 aliphatic heterocycles. The summed E-state index contributed by atoms with van der Waals surface area (Å²) < 4.78 is 24.6. The average molecular weight is 530 g/mol. The molecule has 0 aromatic heterocycles. The van der Waals surface area contributed by atoms with Crippen LogP contribution in [0.3, 0.4) is 0 Å². The van der Waals surface area contributed by atoms with E-state index in [0.717, 1.165) is 49.4 Å². The summed E-state index contributed by atoms with van der Waals surface area (Å²) in [6.07, 6.45) is 1.84. The summed E-state index contributed by atoms with van der Waals surface area (Å²) in [5, 5.41) is 4.07. The molecule has 1 saturated heterocycles. The molecular weight excluding hydrogens is 501 g/mol. The van der Waals surface area contributed by atoms with Gasteiger partial charge in [0.1, 0.15) is 0 Å². The first-order valence-corrected chi connectivity index (χ1v) is 11.1. The number of anilines is 1. The zero-order chi connectivity index (χ0) is 19.0. The van der Waals surface area contributed by atoms with E-state index in [1.807, 2.05) is 25.1 Å². The number of hydrogen-bond acceptors (Lipinski definition) is 4. The van der Waals surface area contributed by atoms with Gasteiger partial charge in [-0.15, -0.1) is 24.0 Å². The van der Waals surface area contributed by atoms with Gasteiger partial charge in [0.2, 0.25) is 10.0 Å². The fourth-order valence-electron chi connectivity index (χ4n) is 2.80. The monoisotopic (exact) mass is 529 g/mol. The summed E-state index contributed by atoms with van der Waals surface area (Å²) in [6, 6.07) is 7.93. The number of halogens is 2. The molecule has 0 radical (unpaired) electrons. The highest BCUT2D eigenvalue weighted by atomic mass is 127. The third-order valence-corrected chi connectivity index (χ3v) is 5.01. The first-order chi connectivity index (χ1) is 12.4. The van der Waals surface area contributed by atoms with Gasteiger partial charge < -0.3 is 15.1 Å². The van der Waals surface area contributed by atoms with Crippen molar-refractivity contribution in [2.75, 3.05) is 57.0 Å². The minimum absolute atomic E-state index is 0. The second kappa shape index (κ2) is 11.9. The molecule has 0 spiro atoms. The zero-order valence-corrected chi connectivity index (χ0v) is 19.7. The van der Waals surface area contributed by atoms with E-state index >= 15 is 0 Å². The lowest BCUT2D eigenvalue weighted by Crippen LogP contribution is -2.52. The summed E-state index contributed by atoms with van der Waals surface area (Å²) in [4.78, 5) is 9.19. The molecule has 2 rings (SSSR count). The molecule has 7 nitrogen and oxygen atoms in total. The SMILES string of the molecule is CCNC(=NCCCNS(C)(=O)=O)N1CCN(c2cccc(Cl)c2)CC1.I. The Bertz CT molecular complexity index is 709. The first kappa shape index (κ1) is 24.3.